The van der Waals surface area contributed by atoms with Gasteiger partial charge in [-0.25, -0.2) is 13.1 Å². The average Bonchev–Trinajstić information content (AvgIpc) is 2.69. The zero-order valence-corrected chi connectivity index (χ0v) is 12.5. The Morgan fingerprint density at radius 2 is 2.16 bits per heavy atom. The topological polar surface area (TPSA) is 72.2 Å². The van der Waals surface area contributed by atoms with Gasteiger partial charge < -0.3 is 4.52 Å². The zero-order chi connectivity index (χ0) is 14.0. The van der Waals surface area contributed by atoms with E-state index in [2.05, 4.69) is 23.7 Å². The molecule has 108 valence electrons. The van der Waals surface area contributed by atoms with E-state index >= 15 is 0 Å². The second-order valence-corrected chi connectivity index (χ2v) is 7.44. The summed E-state index contributed by atoms with van der Waals surface area (Å²) in [6, 6.07) is 1.70. The lowest BCUT2D eigenvalue weighted by Gasteiger charge is -2.34. The molecule has 0 amide bonds. The Labute approximate surface area is 114 Å². The van der Waals surface area contributed by atoms with Crippen molar-refractivity contribution in [2.75, 3.05) is 0 Å². The number of rotatable bonds is 4. The first-order valence-corrected chi connectivity index (χ1v) is 8.45. The van der Waals surface area contributed by atoms with Crippen molar-refractivity contribution in [1.82, 2.24) is 9.88 Å². The molecule has 1 aromatic heterocycles. The van der Waals surface area contributed by atoms with Gasteiger partial charge in [0.1, 0.15) is 5.75 Å². The van der Waals surface area contributed by atoms with Crippen molar-refractivity contribution in [3.63, 3.8) is 0 Å². The quantitative estimate of drug-likeness (QED) is 0.921. The highest BCUT2D eigenvalue weighted by Gasteiger charge is 2.30. The normalized spacial score (nSPS) is 28.5. The highest BCUT2D eigenvalue weighted by molar-refractivity contribution is 7.88. The standard InChI is InChI=1S/C13H22N2O3S/c1-9-5-4-6-13(11(9)3)15-19(16,17)8-12-7-10(2)14-18-12/h7,9,11,13,15H,4-6,8H2,1-3H3. The van der Waals surface area contributed by atoms with Crippen LogP contribution in [0.15, 0.2) is 10.6 Å². The van der Waals surface area contributed by atoms with Gasteiger partial charge in [0.2, 0.25) is 10.0 Å². The molecule has 0 aliphatic heterocycles. The Morgan fingerprint density at radius 1 is 1.42 bits per heavy atom. The van der Waals surface area contributed by atoms with E-state index in [1.807, 2.05) is 0 Å². The van der Waals surface area contributed by atoms with Gasteiger partial charge >= 0.3 is 0 Å². The minimum atomic E-state index is -3.36. The lowest BCUT2D eigenvalue weighted by molar-refractivity contribution is 0.226. The summed E-state index contributed by atoms with van der Waals surface area (Å²) in [4.78, 5) is 0. The molecule has 1 aromatic rings. The van der Waals surface area contributed by atoms with E-state index in [4.69, 9.17) is 4.52 Å². The molecule has 6 heteroatoms. The molecule has 0 saturated heterocycles. The van der Waals surface area contributed by atoms with E-state index in [1.165, 1.54) is 6.42 Å². The molecule has 1 aliphatic carbocycles. The molecule has 0 aromatic carbocycles. The van der Waals surface area contributed by atoms with Gasteiger partial charge in [-0.05, 0) is 25.2 Å². The van der Waals surface area contributed by atoms with Gasteiger partial charge in [0.05, 0.1) is 5.69 Å². The molecule has 0 spiro atoms. The van der Waals surface area contributed by atoms with Crippen molar-refractivity contribution in [3.8, 4) is 0 Å². The maximum atomic E-state index is 12.1. The number of nitrogens with one attached hydrogen (secondary N) is 1. The van der Waals surface area contributed by atoms with Crippen LogP contribution >= 0.6 is 0 Å². The monoisotopic (exact) mass is 286 g/mol. The van der Waals surface area contributed by atoms with Gasteiger partial charge in [0, 0.05) is 12.1 Å². The van der Waals surface area contributed by atoms with E-state index in [-0.39, 0.29) is 11.8 Å². The van der Waals surface area contributed by atoms with Crippen molar-refractivity contribution in [1.29, 1.82) is 0 Å². The van der Waals surface area contributed by atoms with Gasteiger partial charge in [0.25, 0.3) is 0 Å². The summed E-state index contributed by atoms with van der Waals surface area (Å²) in [5.41, 5.74) is 0.699. The van der Waals surface area contributed by atoms with Crippen LogP contribution in [0.1, 0.15) is 44.6 Å². The van der Waals surface area contributed by atoms with E-state index in [0.29, 0.717) is 23.3 Å². The summed E-state index contributed by atoms with van der Waals surface area (Å²) in [6.45, 7) is 6.08. The fraction of sp³-hybridized carbons (Fsp3) is 0.769. The van der Waals surface area contributed by atoms with Crippen LogP contribution in [-0.4, -0.2) is 19.6 Å². The highest BCUT2D eigenvalue weighted by Crippen LogP contribution is 2.30. The average molecular weight is 286 g/mol. The zero-order valence-electron chi connectivity index (χ0n) is 11.7. The van der Waals surface area contributed by atoms with Crippen LogP contribution in [0.5, 0.6) is 0 Å². The molecule has 3 atom stereocenters. The molecule has 3 unspecified atom stereocenters. The maximum Gasteiger partial charge on any atom is 0.219 e. The largest absolute Gasteiger partial charge is 0.360 e. The number of aromatic nitrogens is 1. The molecule has 1 fully saturated rings. The van der Waals surface area contributed by atoms with Crippen LogP contribution in [0, 0.1) is 18.8 Å². The summed E-state index contributed by atoms with van der Waals surface area (Å²) in [7, 11) is -3.36. The third-order valence-corrected chi connectivity index (χ3v) is 5.37. The van der Waals surface area contributed by atoms with E-state index in [9.17, 15) is 8.42 Å². The third-order valence-electron chi connectivity index (χ3n) is 4.05. The van der Waals surface area contributed by atoms with E-state index in [1.54, 1.807) is 13.0 Å². The minimum absolute atomic E-state index is 0.0396. The molecule has 1 heterocycles. The van der Waals surface area contributed by atoms with Crippen molar-refractivity contribution in [2.24, 2.45) is 11.8 Å². The predicted molar refractivity (Wildman–Crippen MR) is 73.0 cm³/mol. The second-order valence-electron chi connectivity index (χ2n) is 5.69. The SMILES string of the molecule is Cc1cc(CS(=O)(=O)NC2CCCC(C)C2C)on1. The van der Waals surface area contributed by atoms with E-state index in [0.717, 1.165) is 12.8 Å². The number of sulfonamides is 1. The van der Waals surface area contributed by atoms with Crippen LogP contribution in [-0.2, 0) is 15.8 Å². The van der Waals surface area contributed by atoms with Gasteiger partial charge in [-0.1, -0.05) is 31.8 Å². The Hall–Kier alpha value is -0.880. The van der Waals surface area contributed by atoms with Crippen LogP contribution < -0.4 is 4.72 Å². The second kappa shape index (κ2) is 5.63. The Morgan fingerprint density at radius 3 is 2.79 bits per heavy atom. The first-order chi connectivity index (χ1) is 8.87. The fourth-order valence-electron chi connectivity index (χ4n) is 2.69. The van der Waals surface area contributed by atoms with Crippen LogP contribution in [0.3, 0.4) is 0 Å². The maximum absolute atomic E-state index is 12.1. The molecule has 2 rings (SSSR count). The lowest BCUT2D eigenvalue weighted by atomic mass is 9.78. The van der Waals surface area contributed by atoms with Gasteiger partial charge in [-0.2, -0.15) is 0 Å². The van der Waals surface area contributed by atoms with Crippen molar-refractivity contribution in [3.05, 3.63) is 17.5 Å². The molecule has 5 nitrogen and oxygen atoms in total. The summed E-state index contributed by atoms with van der Waals surface area (Å²) >= 11 is 0. The molecule has 19 heavy (non-hydrogen) atoms. The summed E-state index contributed by atoms with van der Waals surface area (Å²) < 4.78 is 32.0. The van der Waals surface area contributed by atoms with Gasteiger partial charge in [-0.3, -0.25) is 0 Å². The number of nitrogens with zero attached hydrogens (tertiary/aromatic N) is 1. The molecule has 0 bridgehead atoms. The number of hydrogen-bond acceptors (Lipinski definition) is 4. The molecule has 1 saturated carbocycles. The first-order valence-electron chi connectivity index (χ1n) is 6.79. The Balaban J connectivity index is 2.00. The summed E-state index contributed by atoms with van der Waals surface area (Å²) in [5, 5.41) is 3.71. The first kappa shape index (κ1) is 14.5. The lowest BCUT2D eigenvalue weighted by Crippen LogP contribution is -2.44. The van der Waals surface area contributed by atoms with E-state index < -0.39 is 10.0 Å². The molecule has 1 N–H and O–H groups in total. The Kier molecular flexibility index (Phi) is 4.30. The number of hydrogen-bond donors (Lipinski definition) is 1. The predicted octanol–water partition coefficient (Wildman–Crippen LogP) is 2.23. The van der Waals surface area contributed by atoms with Gasteiger partial charge in [-0.15, -0.1) is 0 Å². The summed E-state index contributed by atoms with van der Waals surface area (Å²) in [5.74, 6) is 1.20. The smallest absolute Gasteiger partial charge is 0.219 e. The minimum Gasteiger partial charge on any atom is -0.360 e. The molecule has 1 aliphatic rings. The molecule has 0 radical (unpaired) electrons. The number of aryl methyl sites for hydroxylation is 1. The Bertz CT molecular complexity index is 524. The van der Waals surface area contributed by atoms with Crippen molar-refractivity contribution < 1.29 is 12.9 Å². The highest BCUT2D eigenvalue weighted by atomic mass is 32.2. The molecular weight excluding hydrogens is 264 g/mol. The van der Waals surface area contributed by atoms with Crippen LogP contribution in [0.2, 0.25) is 0 Å². The van der Waals surface area contributed by atoms with Crippen LogP contribution in [0.25, 0.3) is 0 Å². The molecular formula is C13H22N2O3S. The summed E-state index contributed by atoms with van der Waals surface area (Å²) in [6.07, 6.45) is 3.18. The van der Waals surface area contributed by atoms with Crippen molar-refractivity contribution >= 4 is 10.0 Å². The van der Waals surface area contributed by atoms with Crippen LogP contribution in [0.4, 0.5) is 0 Å². The third kappa shape index (κ3) is 3.79. The van der Waals surface area contributed by atoms with Gasteiger partial charge in [0.15, 0.2) is 5.76 Å². The van der Waals surface area contributed by atoms with Crippen molar-refractivity contribution in [2.45, 2.75) is 51.8 Å². The fourth-order valence-corrected chi connectivity index (χ4v) is 4.08.